The van der Waals surface area contributed by atoms with Gasteiger partial charge >= 0.3 is 5.97 Å². The molecule has 1 unspecified atom stereocenters. The van der Waals surface area contributed by atoms with Crippen LogP contribution in [0.1, 0.15) is 70.9 Å². The lowest BCUT2D eigenvalue weighted by Gasteiger charge is -2.29. The maximum Gasteiger partial charge on any atom is 0.340 e. The molecule has 2 amide bonds. The molecule has 0 aliphatic carbocycles. The molecule has 0 saturated carbocycles. The van der Waals surface area contributed by atoms with Crippen LogP contribution in [-0.4, -0.2) is 58.0 Å². The van der Waals surface area contributed by atoms with Crippen LogP contribution in [-0.2, 0) is 11.3 Å². The average Bonchev–Trinajstić information content (AvgIpc) is 3.09. The molecule has 0 aromatic carbocycles. The fourth-order valence-corrected chi connectivity index (χ4v) is 3.50. The Bertz CT molecular complexity index is 991. The van der Waals surface area contributed by atoms with Crippen molar-refractivity contribution in [3.63, 3.8) is 0 Å². The van der Waals surface area contributed by atoms with Gasteiger partial charge in [-0.2, -0.15) is 0 Å². The molecular weight excluding hydrogens is 408 g/mol. The van der Waals surface area contributed by atoms with Crippen LogP contribution in [0.5, 0.6) is 0 Å². The number of amides is 2. The number of ether oxygens (including phenoxy) is 1. The monoisotopic (exact) mass is 440 g/mol. The number of rotatable bonds is 7. The Morgan fingerprint density at radius 2 is 1.91 bits per heavy atom. The van der Waals surface area contributed by atoms with Gasteiger partial charge in [0.1, 0.15) is 11.8 Å². The zero-order chi connectivity index (χ0) is 23.5. The van der Waals surface area contributed by atoms with Gasteiger partial charge < -0.3 is 19.5 Å². The minimum Gasteiger partial charge on any atom is -0.458 e. The fourth-order valence-electron chi connectivity index (χ4n) is 3.50. The van der Waals surface area contributed by atoms with E-state index < -0.39 is 5.97 Å². The standard InChI is InChI=1S/C24H32N4O4/c1-16-19(23(31)32-17(2)24(3,4)5)15-28-14-13-27(22(30)20(16)28)12-6-9-26-21(29)18-7-10-25-11-8-18/h7-8,10-11,15,17H,6,9,12-14H2,1-5H3,(H,26,29). The van der Waals surface area contributed by atoms with Crippen LogP contribution in [0.4, 0.5) is 0 Å². The summed E-state index contributed by atoms with van der Waals surface area (Å²) in [6.07, 6.45) is 5.27. The first-order chi connectivity index (χ1) is 15.1. The molecule has 1 atom stereocenters. The van der Waals surface area contributed by atoms with Gasteiger partial charge in [0, 0.05) is 50.3 Å². The van der Waals surface area contributed by atoms with Crippen molar-refractivity contribution in [1.82, 2.24) is 19.8 Å². The quantitative estimate of drug-likeness (QED) is 0.528. The molecule has 0 bridgehead atoms. The number of hydrogen-bond acceptors (Lipinski definition) is 5. The van der Waals surface area contributed by atoms with Crippen LogP contribution < -0.4 is 5.32 Å². The third kappa shape index (κ3) is 5.18. The molecule has 0 saturated heterocycles. The zero-order valence-electron chi connectivity index (χ0n) is 19.5. The van der Waals surface area contributed by atoms with E-state index in [4.69, 9.17) is 4.74 Å². The first kappa shape index (κ1) is 23.5. The summed E-state index contributed by atoms with van der Waals surface area (Å²) in [5, 5.41) is 2.86. The first-order valence-corrected chi connectivity index (χ1v) is 11.0. The second-order valence-electron chi connectivity index (χ2n) is 9.26. The van der Waals surface area contributed by atoms with Gasteiger partial charge in [-0.05, 0) is 43.4 Å². The van der Waals surface area contributed by atoms with Crippen molar-refractivity contribution in [2.24, 2.45) is 5.41 Å². The molecule has 2 aromatic rings. The summed E-state index contributed by atoms with van der Waals surface area (Å²) in [5.74, 6) is -0.656. The normalized spacial score (nSPS) is 14.7. The number of nitrogens with zero attached hydrogens (tertiary/aromatic N) is 3. The van der Waals surface area contributed by atoms with Gasteiger partial charge in [0.25, 0.3) is 11.8 Å². The molecule has 1 aliphatic rings. The minimum atomic E-state index is -0.398. The Hall–Kier alpha value is -3.16. The third-order valence-corrected chi connectivity index (χ3v) is 5.99. The van der Waals surface area contributed by atoms with Crippen LogP contribution in [0, 0.1) is 12.3 Å². The van der Waals surface area contributed by atoms with E-state index in [1.807, 2.05) is 32.3 Å². The number of hydrogen-bond donors (Lipinski definition) is 1. The Balaban J connectivity index is 1.58. The Labute approximate surface area is 189 Å². The summed E-state index contributed by atoms with van der Waals surface area (Å²) in [6, 6.07) is 3.32. The molecule has 8 nitrogen and oxygen atoms in total. The molecule has 172 valence electrons. The largest absolute Gasteiger partial charge is 0.458 e. The average molecular weight is 441 g/mol. The van der Waals surface area contributed by atoms with Gasteiger partial charge in [-0.15, -0.1) is 0 Å². The molecule has 2 aromatic heterocycles. The van der Waals surface area contributed by atoms with E-state index in [-0.39, 0.29) is 23.3 Å². The minimum absolute atomic E-state index is 0.0999. The highest BCUT2D eigenvalue weighted by molar-refractivity contribution is 6.00. The highest BCUT2D eigenvalue weighted by Gasteiger charge is 2.31. The SMILES string of the molecule is Cc1c(C(=O)OC(C)C(C)(C)C)cn2c1C(=O)N(CCCNC(=O)c1ccncc1)CC2. The molecule has 3 heterocycles. The van der Waals surface area contributed by atoms with Crippen molar-refractivity contribution < 1.29 is 19.1 Å². The summed E-state index contributed by atoms with van der Waals surface area (Å²) in [5.41, 5.74) is 2.02. The summed E-state index contributed by atoms with van der Waals surface area (Å²) in [7, 11) is 0. The van der Waals surface area contributed by atoms with Gasteiger partial charge in [0.15, 0.2) is 0 Å². The van der Waals surface area contributed by atoms with Crippen molar-refractivity contribution in [3.8, 4) is 0 Å². The number of aromatic nitrogens is 2. The van der Waals surface area contributed by atoms with E-state index >= 15 is 0 Å². The van der Waals surface area contributed by atoms with E-state index in [1.165, 1.54) is 0 Å². The molecule has 32 heavy (non-hydrogen) atoms. The second kappa shape index (κ2) is 9.54. The van der Waals surface area contributed by atoms with Gasteiger partial charge in [0.2, 0.25) is 0 Å². The van der Waals surface area contributed by atoms with Gasteiger partial charge in [0.05, 0.1) is 5.56 Å². The van der Waals surface area contributed by atoms with Crippen LogP contribution in [0.25, 0.3) is 0 Å². The van der Waals surface area contributed by atoms with Crippen molar-refractivity contribution >= 4 is 17.8 Å². The topological polar surface area (TPSA) is 93.5 Å². The number of nitrogens with one attached hydrogen (secondary N) is 1. The summed E-state index contributed by atoms with van der Waals surface area (Å²) in [4.78, 5) is 43.6. The molecule has 0 fully saturated rings. The maximum atomic E-state index is 13.1. The summed E-state index contributed by atoms with van der Waals surface area (Å²) < 4.78 is 7.48. The number of esters is 1. The van der Waals surface area contributed by atoms with Crippen LogP contribution >= 0.6 is 0 Å². The number of pyridine rings is 1. The Morgan fingerprint density at radius 3 is 2.56 bits per heavy atom. The van der Waals surface area contributed by atoms with E-state index in [2.05, 4.69) is 10.3 Å². The summed E-state index contributed by atoms with van der Waals surface area (Å²) >= 11 is 0. The van der Waals surface area contributed by atoms with Crippen molar-refractivity contribution in [3.05, 3.63) is 53.1 Å². The van der Waals surface area contributed by atoms with E-state index in [0.717, 1.165) is 0 Å². The Morgan fingerprint density at radius 1 is 1.22 bits per heavy atom. The lowest BCUT2D eigenvalue weighted by Crippen LogP contribution is -2.41. The van der Waals surface area contributed by atoms with Crippen LogP contribution in [0.3, 0.4) is 0 Å². The maximum absolute atomic E-state index is 13.1. The van der Waals surface area contributed by atoms with Crippen LogP contribution in [0.15, 0.2) is 30.7 Å². The first-order valence-electron chi connectivity index (χ1n) is 11.0. The van der Waals surface area contributed by atoms with Crippen molar-refractivity contribution in [2.45, 2.75) is 53.7 Å². The predicted octanol–water partition coefficient (Wildman–Crippen LogP) is 3.06. The third-order valence-electron chi connectivity index (χ3n) is 5.99. The van der Waals surface area contributed by atoms with Crippen molar-refractivity contribution in [1.29, 1.82) is 0 Å². The van der Waals surface area contributed by atoms with E-state index in [1.54, 1.807) is 42.5 Å². The number of fused-ring (bicyclic) bond motifs is 1. The second-order valence-corrected chi connectivity index (χ2v) is 9.26. The lowest BCUT2D eigenvalue weighted by molar-refractivity contribution is 0.00472. The van der Waals surface area contributed by atoms with Gasteiger partial charge in [-0.1, -0.05) is 20.8 Å². The summed E-state index contributed by atoms with van der Waals surface area (Å²) in [6.45, 7) is 11.9. The number of carbonyl (C=O) groups is 3. The van der Waals surface area contributed by atoms with Gasteiger partial charge in [-0.25, -0.2) is 4.79 Å². The zero-order valence-corrected chi connectivity index (χ0v) is 19.5. The molecule has 0 radical (unpaired) electrons. The Kier molecular flexibility index (Phi) is 7.01. The molecule has 8 heteroatoms. The fraction of sp³-hybridized carbons (Fsp3) is 0.500. The highest BCUT2D eigenvalue weighted by Crippen LogP contribution is 2.26. The molecular formula is C24H32N4O4. The van der Waals surface area contributed by atoms with Gasteiger partial charge in [-0.3, -0.25) is 14.6 Å². The molecule has 1 N–H and O–H groups in total. The van der Waals surface area contributed by atoms with Crippen LogP contribution in [0.2, 0.25) is 0 Å². The molecule has 0 spiro atoms. The number of carbonyl (C=O) groups excluding carboxylic acids is 3. The predicted molar refractivity (Wildman–Crippen MR) is 121 cm³/mol. The molecule has 3 rings (SSSR count). The van der Waals surface area contributed by atoms with Crippen molar-refractivity contribution in [2.75, 3.05) is 19.6 Å². The van der Waals surface area contributed by atoms with E-state index in [9.17, 15) is 14.4 Å². The smallest absolute Gasteiger partial charge is 0.340 e. The lowest BCUT2D eigenvalue weighted by atomic mass is 9.90. The highest BCUT2D eigenvalue weighted by atomic mass is 16.5. The molecule has 1 aliphatic heterocycles. The van der Waals surface area contributed by atoms with E-state index in [0.29, 0.717) is 55.0 Å².